The fourth-order valence-electron chi connectivity index (χ4n) is 0.929. The second-order valence-electron chi connectivity index (χ2n) is 2.77. The Labute approximate surface area is 79.5 Å². The Balaban J connectivity index is 4.86. The predicted molar refractivity (Wildman–Crippen MR) is 44.7 cm³/mol. The Morgan fingerprint density at radius 2 is 1.43 bits per heavy atom. The van der Waals surface area contributed by atoms with Crippen molar-refractivity contribution in [3.8, 4) is 0 Å². The van der Waals surface area contributed by atoms with Crippen LogP contribution in [0.2, 0.25) is 0 Å². The molecule has 14 heavy (non-hydrogen) atoms. The van der Waals surface area contributed by atoms with Gasteiger partial charge in [-0.15, -0.1) is 0 Å². The van der Waals surface area contributed by atoms with E-state index in [4.69, 9.17) is 15.3 Å². The lowest BCUT2D eigenvalue weighted by Crippen LogP contribution is -2.32. The number of aliphatic carboxylic acids is 3. The summed E-state index contributed by atoms with van der Waals surface area (Å²) in [5, 5.41) is 25.5. The molecule has 0 aliphatic heterocycles. The summed E-state index contributed by atoms with van der Waals surface area (Å²) < 4.78 is 0. The van der Waals surface area contributed by atoms with Crippen molar-refractivity contribution in [2.45, 2.75) is 6.92 Å². The van der Waals surface area contributed by atoms with Crippen molar-refractivity contribution in [3.05, 3.63) is 12.2 Å². The van der Waals surface area contributed by atoms with Gasteiger partial charge in [-0.2, -0.15) is 0 Å². The van der Waals surface area contributed by atoms with E-state index in [1.54, 1.807) is 0 Å². The van der Waals surface area contributed by atoms with Gasteiger partial charge in [0.25, 0.3) is 0 Å². The Hall–Kier alpha value is -1.85. The zero-order valence-electron chi connectivity index (χ0n) is 7.43. The highest BCUT2D eigenvalue weighted by molar-refractivity contribution is 5.96. The zero-order chi connectivity index (χ0) is 11.5. The van der Waals surface area contributed by atoms with Crippen LogP contribution in [-0.4, -0.2) is 33.2 Å². The number of carbonyl (C=O) groups is 3. The largest absolute Gasteiger partial charge is 0.481 e. The van der Waals surface area contributed by atoms with Crippen molar-refractivity contribution < 1.29 is 29.7 Å². The molecule has 6 nitrogen and oxygen atoms in total. The van der Waals surface area contributed by atoms with Gasteiger partial charge < -0.3 is 15.3 Å². The Kier molecular flexibility index (Phi) is 3.82. The van der Waals surface area contributed by atoms with Crippen molar-refractivity contribution in [2.24, 2.45) is 11.8 Å². The first-order chi connectivity index (χ1) is 6.29. The van der Waals surface area contributed by atoms with Gasteiger partial charge in [0.1, 0.15) is 0 Å². The van der Waals surface area contributed by atoms with Gasteiger partial charge in [-0.05, 0) is 0 Å². The van der Waals surface area contributed by atoms with Crippen LogP contribution < -0.4 is 0 Å². The molecule has 0 heterocycles. The van der Waals surface area contributed by atoms with Gasteiger partial charge in [-0.1, -0.05) is 13.5 Å². The van der Waals surface area contributed by atoms with E-state index in [9.17, 15) is 14.4 Å². The van der Waals surface area contributed by atoms with Crippen LogP contribution in [0.25, 0.3) is 0 Å². The molecule has 0 amide bonds. The van der Waals surface area contributed by atoms with Gasteiger partial charge in [0.05, 0.1) is 0 Å². The molecule has 0 aliphatic rings. The molecule has 0 aromatic heterocycles. The Morgan fingerprint density at radius 1 is 1.07 bits per heavy atom. The summed E-state index contributed by atoms with van der Waals surface area (Å²) >= 11 is 0. The predicted octanol–water partition coefficient (Wildman–Crippen LogP) is 0.0487. The van der Waals surface area contributed by atoms with Crippen molar-refractivity contribution >= 4 is 17.9 Å². The van der Waals surface area contributed by atoms with E-state index in [1.165, 1.54) is 6.92 Å². The monoisotopic (exact) mass is 202 g/mol. The topological polar surface area (TPSA) is 112 Å². The molecule has 0 saturated carbocycles. The summed E-state index contributed by atoms with van der Waals surface area (Å²) in [5.74, 6) is -7.48. The molecule has 0 spiro atoms. The molecule has 1 atom stereocenters. The van der Waals surface area contributed by atoms with Gasteiger partial charge >= 0.3 is 17.9 Å². The van der Waals surface area contributed by atoms with Gasteiger partial charge in [0.15, 0.2) is 5.92 Å². The normalized spacial score (nSPS) is 12.1. The van der Waals surface area contributed by atoms with Crippen LogP contribution in [0, 0.1) is 11.8 Å². The van der Waals surface area contributed by atoms with E-state index in [1.807, 2.05) is 0 Å². The number of hydrogen-bond donors (Lipinski definition) is 3. The van der Waals surface area contributed by atoms with Crippen molar-refractivity contribution in [2.75, 3.05) is 0 Å². The molecular formula is C8H10O6. The first-order valence-electron chi connectivity index (χ1n) is 3.66. The standard InChI is InChI=1S/C8H10O6/c1-3(4(2)6(9)10)5(7(11)12)8(13)14/h3,5H,2H2,1H3,(H,9,10)(H,11,12)(H,13,14). The molecule has 0 aliphatic carbocycles. The maximum absolute atomic E-state index is 10.5. The highest BCUT2D eigenvalue weighted by atomic mass is 16.4. The third-order valence-corrected chi connectivity index (χ3v) is 1.86. The fraction of sp³-hybridized carbons (Fsp3) is 0.375. The number of rotatable bonds is 5. The van der Waals surface area contributed by atoms with E-state index < -0.39 is 35.3 Å². The third-order valence-electron chi connectivity index (χ3n) is 1.86. The Morgan fingerprint density at radius 3 is 1.64 bits per heavy atom. The van der Waals surface area contributed by atoms with Crippen molar-refractivity contribution in [3.63, 3.8) is 0 Å². The fourth-order valence-corrected chi connectivity index (χ4v) is 0.929. The summed E-state index contributed by atoms with van der Waals surface area (Å²) in [5.41, 5.74) is -0.431. The minimum absolute atomic E-state index is 0.431. The second-order valence-corrected chi connectivity index (χ2v) is 2.77. The van der Waals surface area contributed by atoms with Crippen LogP contribution >= 0.6 is 0 Å². The quantitative estimate of drug-likeness (QED) is 0.429. The van der Waals surface area contributed by atoms with Crippen molar-refractivity contribution in [1.82, 2.24) is 0 Å². The molecule has 3 N–H and O–H groups in total. The first-order valence-corrected chi connectivity index (χ1v) is 3.66. The number of carboxylic acids is 3. The van der Waals surface area contributed by atoms with Crippen molar-refractivity contribution in [1.29, 1.82) is 0 Å². The minimum Gasteiger partial charge on any atom is -0.481 e. The second kappa shape index (κ2) is 4.40. The maximum Gasteiger partial charge on any atom is 0.331 e. The summed E-state index contributed by atoms with van der Waals surface area (Å²) in [6.45, 7) is 4.31. The summed E-state index contributed by atoms with van der Waals surface area (Å²) in [6, 6.07) is 0. The molecular weight excluding hydrogens is 192 g/mol. The molecule has 6 heteroatoms. The Bertz CT molecular complexity index is 278. The smallest absolute Gasteiger partial charge is 0.331 e. The van der Waals surface area contributed by atoms with Gasteiger partial charge in [0.2, 0.25) is 0 Å². The average Bonchev–Trinajstić information content (AvgIpc) is 2.01. The summed E-state index contributed by atoms with van der Waals surface area (Å²) in [6.07, 6.45) is 0. The molecule has 0 radical (unpaired) electrons. The molecule has 1 unspecified atom stereocenters. The van der Waals surface area contributed by atoms with Crippen LogP contribution in [0.15, 0.2) is 12.2 Å². The zero-order valence-corrected chi connectivity index (χ0v) is 7.43. The minimum atomic E-state index is -1.78. The van der Waals surface area contributed by atoms with Crippen LogP contribution in [-0.2, 0) is 14.4 Å². The molecule has 78 valence electrons. The van der Waals surface area contributed by atoms with E-state index in [0.29, 0.717) is 0 Å². The average molecular weight is 202 g/mol. The van der Waals surface area contributed by atoms with E-state index in [-0.39, 0.29) is 0 Å². The lowest BCUT2D eigenvalue weighted by Gasteiger charge is -2.15. The first kappa shape index (κ1) is 12.2. The van der Waals surface area contributed by atoms with Gasteiger partial charge in [0, 0.05) is 11.5 Å². The SMILES string of the molecule is C=C(C(=O)O)C(C)C(C(=O)O)C(=O)O. The number of carboxylic acid groups (broad SMARTS) is 3. The number of hydrogen-bond acceptors (Lipinski definition) is 3. The summed E-state index contributed by atoms with van der Waals surface area (Å²) in [4.78, 5) is 31.4. The molecule has 0 rings (SSSR count). The molecule has 0 aromatic rings. The van der Waals surface area contributed by atoms with Crippen LogP contribution in [0.1, 0.15) is 6.92 Å². The van der Waals surface area contributed by atoms with Crippen LogP contribution in [0.5, 0.6) is 0 Å². The molecule has 0 saturated heterocycles. The highest BCUT2D eigenvalue weighted by Gasteiger charge is 2.35. The van der Waals surface area contributed by atoms with Crippen LogP contribution in [0.3, 0.4) is 0 Å². The lowest BCUT2D eigenvalue weighted by molar-refractivity contribution is -0.156. The third kappa shape index (κ3) is 2.58. The molecule has 0 aromatic carbocycles. The highest BCUT2D eigenvalue weighted by Crippen LogP contribution is 2.20. The molecule has 0 fully saturated rings. The van der Waals surface area contributed by atoms with E-state index in [0.717, 1.165) is 0 Å². The summed E-state index contributed by atoms with van der Waals surface area (Å²) in [7, 11) is 0. The maximum atomic E-state index is 10.5. The van der Waals surface area contributed by atoms with E-state index >= 15 is 0 Å². The van der Waals surface area contributed by atoms with Crippen LogP contribution in [0.4, 0.5) is 0 Å². The van der Waals surface area contributed by atoms with Gasteiger partial charge in [-0.25, -0.2) is 4.79 Å². The lowest BCUT2D eigenvalue weighted by atomic mass is 9.88. The van der Waals surface area contributed by atoms with Gasteiger partial charge in [-0.3, -0.25) is 9.59 Å². The molecule has 0 bridgehead atoms. The van der Waals surface area contributed by atoms with E-state index in [2.05, 4.69) is 6.58 Å².